The Balaban J connectivity index is 2.31. The number of hydrogen-bond acceptors (Lipinski definition) is 3. The molecule has 0 amide bonds. The summed E-state index contributed by atoms with van der Waals surface area (Å²) < 4.78 is 25.6. The molecule has 100 valence electrons. The van der Waals surface area contributed by atoms with Gasteiger partial charge in [-0.2, -0.15) is 4.31 Å². The monoisotopic (exact) mass is 260 g/mol. The molecule has 1 rings (SSSR count). The minimum absolute atomic E-state index is 0.261. The Bertz CT molecular complexity index is 350. The molecular weight excluding hydrogens is 236 g/mol. The van der Waals surface area contributed by atoms with Crippen LogP contribution in [0.3, 0.4) is 0 Å². The van der Waals surface area contributed by atoms with Crippen LogP contribution in [0.2, 0.25) is 0 Å². The Morgan fingerprint density at radius 3 is 2.76 bits per heavy atom. The zero-order valence-electron chi connectivity index (χ0n) is 10.9. The molecule has 0 aromatic carbocycles. The molecule has 0 aliphatic carbocycles. The normalized spacial score (nSPS) is 18.1. The van der Waals surface area contributed by atoms with E-state index in [2.05, 4.69) is 19.2 Å². The van der Waals surface area contributed by atoms with E-state index in [-0.39, 0.29) is 5.75 Å². The van der Waals surface area contributed by atoms with Crippen molar-refractivity contribution in [3.05, 3.63) is 11.6 Å². The summed E-state index contributed by atoms with van der Waals surface area (Å²) in [6, 6.07) is 0. The van der Waals surface area contributed by atoms with Crippen molar-refractivity contribution in [1.29, 1.82) is 0 Å². The van der Waals surface area contributed by atoms with E-state index in [0.29, 0.717) is 19.5 Å². The summed E-state index contributed by atoms with van der Waals surface area (Å²) >= 11 is 0. The summed E-state index contributed by atoms with van der Waals surface area (Å²) in [5.74, 6) is 0.261. The van der Waals surface area contributed by atoms with Gasteiger partial charge in [0.15, 0.2) is 0 Å². The van der Waals surface area contributed by atoms with Gasteiger partial charge in [0.2, 0.25) is 10.0 Å². The highest BCUT2D eigenvalue weighted by molar-refractivity contribution is 7.89. The molecule has 0 unspecified atom stereocenters. The molecule has 0 atom stereocenters. The minimum atomic E-state index is -3.05. The summed E-state index contributed by atoms with van der Waals surface area (Å²) in [5.41, 5.74) is 1.29. The van der Waals surface area contributed by atoms with E-state index in [1.165, 1.54) is 5.57 Å². The zero-order chi connectivity index (χ0) is 12.7. The maximum atomic E-state index is 12.0. The molecule has 0 saturated carbocycles. The van der Waals surface area contributed by atoms with Crippen LogP contribution in [-0.2, 0) is 10.0 Å². The second-order valence-corrected chi connectivity index (χ2v) is 6.67. The summed E-state index contributed by atoms with van der Waals surface area (Å²) in [5, 5.41) is 3.22. The second kappa shape index (κ2) is 7.13. The third kappa shape index (κ3) is 5.19. The Morgan fingerprint density at radius 1 is 1.41 bits per heavy atom. The van der Waals surface area contributed by atoms with E-state index < -0.39 is 10.0 Å². The fourth-order valence-electron chi connectivity index (χ4n) is 1.82. The first-order chi connectivity index (χ1) is 8.06. The van der Waals surface area contributed by atoms with Crippen LogP contribution in [0.25, 0.3) is 0 Å². The number of nitrogens with one attached hydrogen (secondary N) is 1. The fourth-order valence-corrected chi connectivity index (χ4v) is 3.25. The van der Waals surface area contributed by atoms with Gasteiger partial charge in [0.05, 0.1) is 5.75 Å². The summed E-state index contributed by atoms with van der Waals surface area (Å²) in [4.78, 5) is 0. The van der Waals surface area contributed by atoms with Gasteiger partial charge in [-0.3, -0.25) is 0 Å². The van der Waals surface area contributed by atoms with Crippen LogP contribution < -0.4 is 5.32 Å². The van der Waals surface area contributed by atoms with E-state index >= 15 is 0 Å². The number of nitrogens with zero attached hydrogens (tertiary/aromatic N) is 1. The van der Waals surface area contributed by atoms with Gasteiger partial charge in [-0.25, -0.2) is 8.42 Å². The SMILES string of the molecule is CCCNCCCS(=O)(=O)N1CC=C(C)CC1. The lowest BCUT2D eigenvalue weighted by Crippen LogP contribution is -2.37. The molecule has 0 radical (unpaired) electrons. The summed E-state index contributed by atoms with van der Waals surface area (Å²) in [7, 11) is -3.05. The Labute approximate surface area is 105 Å². The first-order valence-electron chi connectivity index (χ1n) is 6.40. The average Bonchev–Trinajstić information content (AvgIpc) is 2.29. The lowest BCUT2D eigenvalue weighted by Gasteiger charge is -2.24. The lowest BCUT2D eigenvalue weighted by atomic mass is 10.1. The van der Waals surface area contributed by atoms with Crippen molar-refractivity contribution in [2.24, 2.45) is 0 Å². The van der Waals surface area contributed by atoms with Gasteiger partial charge in [0.25, 0.3) is 0 Å². The molecule has 1 aliphatic heterocycles. The Morgan fingerprint density at radius 2 is 2.18 bits per heavy atom. The van der Waals surface area contributed by atoms with Crippen LogP contribution in [0.1, 0.15) is 33.1 Å². The molecule has 4 nitrogen and oxygen atoms in total. The highest BCUT2D eigenvalue weighted by Gasteiger charge is 2.22. The lowest BCUT2D eigenvalue weighted by molar-refractivity contribution is 0.430. The molecule has 1 N–H and O–H groups in total. The highest BCUT2D eigenvalue weighted by atomic mass is 32.2. The van der Waals surface area contributed by atoms with Crippen LogP contribution in [0, 0.1) is 0 Å². The fraction of sp³-hybridized carbons (Fsp3) is 0.833. The molecule has 0 aromatic heterocycles. The Kier molecular flexibility index (Phi) is 6.16. The molecule has 0 spiro atoms. The predicted molar refractivity (Wildman–Crippen MR) is 71.5 cm³/mol. The van der Waals surface area contributed by atoms with Gasteiger partial charge in [0, 0.05) is 13.1 Å². The van der Waals surface area contributed by atoms with E-state index in [4.69, 9.17) is 0 Å². The largest absolute Gasteiger partial charge is 0.317 e. The van der Waals surface area contributed by atoms with E-state index in [0.717, 1.165) is 25.9 Å². The second-order valence-electron chi connectivity index (χ2n) is 4.58. The van der Waals surface area contributed by atoms with Crippen molar-refractivity contribution in [2.45, 2.75) is 33.1 Å². The molecular formula is C12H24N2O2S. The molecule has 1 aliphatic rings. The van der Waals surface area contributed by atoms with E-state index in [9.17, 15) is 8.42 Å². The molecule has 0 aromatic rings. The van der Waals surface area contributed by atoms with Gasteiger partial charge >= 0.3 is 0 Å². The third-order valence-electron chi connectivity index (χ3n) is 2.97. The first kappa shape index (κ1) is 14.7. The van der Waals surface area contributed by atoms with Crippen molar-refractivity contribution >= 4 is 10.0 Å². The van der Waals surface area contributed by atoms with Crippen LogP contribution in [-0.4, -0.2) is 44.7 Å². The van der Waals surface area contributed by atoms with Gasteiger partial charge in [-0.05, 0) is 39.3 Å². The molecule has 0 fully saturated rings. The average molecular weight is 260 g/mol. The molecule has 1 heterocycles. The highest BCUT2D eigenvalue weighted by Crippen LogP contribution is 2.13. The third-order valence-corrected chi connectivity index (χ3v) is 4.90. The quantitative estimate of drug-likeness (QED) is 0.555. The number of hydrogen-bond donors (Lipinski definition) is 1. The maximum Gasteiger partial charge on any atom is 0.214 e. The Hall–Kier alpha value is -0.390. The first-order valence-corrected chi connectivity index (χ1v) is 8.01. The topological polar surface area (TPSA) is 49.4 Å². The van der Waals surface area contributed by atoms with Crippen molar-refractivity contribution in [3.8, 4) is 0 Å². The number of sulfonamides is 1. The smallest absolute Gasteiger partial charge is 0.214 e. The van der Waals surface area contributed by atoms with Crippen LogP contribution in [0.15, 0.2) is 11.6 Å². The maximum absolute atomic E-state index is 12.0. The minimum Gasteiger partial charge on any atom is -0.317 e. The van der Waals surface area contributed by atoms with Gasteiger partial charge < -0.3 is 5.32 Å². The van der Waals surface area contributed by atoms with Gasteiger partial charge in [0.1, 0.15) is 0 Å². The van der Waals surface area contributed by atoms with Crippen LogP contribution >= 0.6 is 0 Å². The molecule has 0 saturated heterocycles. The zero-order valence-corrected chi connectivity index (χ0v) is 11.7. The van der Waals surface area contributed by atoms with Crippen LogP contribution in [0.4, 0.5) is 0 Å². The van der Waals surface area contributed by atoms with E-state index in [1.54, 1.807) is 4.31 Å². The van der Waals surface area contributed by atoms with E-state index in [1.807, 2.05) is 6.08 Å². The predicted octanol–water partition coefficient (Wildman–Crippen LogP) is 1.36. The molecule has 17 heavy (non-hydrogen) atoms. The van der Waals surface area contributed by atoms with Gasteiger partial charge in [-0.15, -0.1) is 0 Å². The van der Waals surface area contributed by atoms with Crippen molar-refractivity contribution in [3.63, 3.8) is 0 Å². The summed E-state index contributed by atoms with van der Waals surface area (Å²) in [6.07, 6.45) is 4.66. The van der Waals surface area contributed by atoms with Gasteiger partial charge in [-0.1, -0.05) is 18.6 Å². The number of rotatable bonds is 7. The standard InChI is InChI=1S/C12H24N2O2S/c1-3-7-13-8-4-11-17(15,16)14-9-5-12(2)6-10-14/h5,13H,3-4,6-11H2,1-2H3. The van der Waals surface area contributed by atoms with Crippen molar-refractivity contribution < 1.29 is 8.42 Å². The van der Waals surface area contributed by atoms with Crippen LogP contribution in [0.5, 0.6) is 0 Å². The van der Waals surface area contributed by atoms with Crippen molar-refractivity contribution in [1.82, 2.24) is 9.62 Å². The molecule has 5 heteroatoms. The summed E-state index contributed by atoms with van der Waals surface area (Å²) in [6.45, 7) is 7.11. The van der Waals surface area contributed by atoms with Crippen molar-refractivity contribution in [2.75, 3.05) is 31.9 Å². The molecule has 0 bridgehead atoms.